The van der Waals surface area contributed by atoms with Crippen LogP contribution in [0.2, 0.25) is 0 Å². The lowest BCUT2D eigenvalue weighted by Gasteiger charge is -2.44. The second kappa shape index (κ2) is 14.5. The van der Waals surface area contributed by atoms with Gasteiger partial charge in [-0.05, 0) is 96.5 Å². The summed E-state index contributed by atoms with van der Waals surface area (Å²) in [6.07, 6.45) is 25.6. The number of unbranched alkanes of at least 4 members (excludes halogenated alkanes) is 2. The minimum Gasteiger partial charge on any atom is -0.455 e. The van der Waals surface area contributed by atoms with E-state index in [9.17, 15) is 0 Å². The Balaban J connectivity index is 1.60. The number of ether oxygens (including phenoxy) is 1. The molecule has 5 heterocycles. The Morgan fingerprint density at radius 1 is 0.560 bits per heavy atom. The Morgan fingerprint density at radius 2 is 0.960 bits per heavy atom. The van der Waals surface area contributed by atoms with Crippen LogP contribution in [0, 0.1) is 0 Å². The molecule has 0 radical (unpaired) electrons. The number of fused-ring (bicyclic) bond motifs is 2. The lowest BCUT2D eigenvalue weighted by molar-refractivity contribution is 0.345. The SMILES string of the molecule is CCCCC1(CCCC)c2cc(CC)cc(P(n3cccc3)n3cccc3)c2Oc2c(P(n3cccc3)n3cccc3)cc(C(C)(C)C)cc21. The first kappa shape index (κ1) is 34.7. The molecule has 1 aliphatic heterocycles. The third-order valence-electron chi connectivity index (χ3n) is 10.3. The number of aryl methyl sites for hydroxylation is 1. The molecule has 7 rings (SSSR count). The molecule has 7 heteroatoms. The van der Waals surface area contributed by atoms with Crippen molar-refractivity contribution in [1.29, 1.82) is 0 Å². The molecule has 260 valence electrons. The maximum absolute atomic E-state index is 7.66. The maximum atomic E-state index is 7.66. The highest BCUT2D eigenvalue weighted by Gasteiger charge is 2.46. The topological polar surface area (TPSA) is 28.9 Å². The summed E-state index contributed by atoms with van der Waals surface area (Å²) in [5, 5.41) is 2.55. The van der Waals surface area contributed by atoms with Crippen molar-refractivity contribution in [2.24, 2.45) is 0 Å². The normalized spacial score (nSPS) is 13.8. The quantitative estimate of drug-likeness (QED) is 0.110. The summed E-state index contributed by atoms with van der Waals surface area (Å²) in [5.41, 5.74) is 5.31. The zero-order valence-corrected chi connectivity index (χ0v) is 32.4. The van der Waals surface area contributed by atoms with Gasteiger partial charge in [0.2, 0.25) is 0 Å². The lowest BCUT2D eigenvalue weighted by Crippen LogP contribution is -2.37. The number of nitrogens with zero attached hydrogens (tertiary/aromatic N) is 4. The highest BCUT2D eigenvalue weighted by Crippen LogP contribution is 2.58. The predicted molar refractivity (Wildman–Crippen MR) is 213 cm³/mol. The van der Waals surface area contributed by atoms with E-state index in [1.807, 2.05) is 0 Å². The van der Waals surface area contributed by atoms with Gasteiger partial charge in [-0.1, -0.05) is 79.4 Å². The van der Waals surface area contributed by atoms with Crippen LogP contribution in [-0.4, -0.2) is 17.4 Å². The van der Waals surface area contributed by atoms with Crippen molar-refractivity contribution in [2.45, 2.75) is 97.3 Å². The summed E-state index contributed by atoms with van der Waals surface area (Å²) in [5.74, 6) is 2.13. The van der Waals surface area contributed by atoms with E-state index >= 15 is 0 Å². The number of hydrogen-bond donors (Lipinski definition) is 0. The smallest absolute Gasteiger partial charge is 0.142 e. The van der Waals surface area contributed by atoms with E-state index in [4.69, 9.17) is 4.74 Å². The molecule has 0 unspecified atom stereocenters. The fourth-order valence-electron chi connectivity index (χ4n) is 7.56. The second-order valence-corrected chi connectivity index (χ2v) is 18.7. The van der Waals surface area contributed by atoms with E-state index in [2.05, 4.69) is 181 Å². The fraction of sp³-hybridized carbons (Fsp3) is 0.349. The third-order valence-corrected chi connectivity index (χ3v) is 14.6. The van der Waals surface area contributed by atoms with Crippen molar-refractivity contribution in [1.82, 2.24) is 17.4 Å². The zero-order valence-electron chi connectivity index (χ0n) is 30.6. The summed E-state index contributed by atoms with van der Waals surface area (Å²) < 4.78 is 17.2. The molecular formula is C43H52N4OP2. The van der Waals surface area contributed by atoms with Gasteiger partial charge in [-0.15, -0.1) is 0 Å². The summed E-state index contributed by atoms with van der Waals surface area (Å²) in [7, 11) is -1.99. The average Bonchev–Trinajstić information content (AvgIpc) is 3.96. The Bertz CT molecular complexity index is 1910. The lowest BCUT2D eigenvalue weighted by atomic mass is 9.65. The Morgan fingerprint density at radius 3 is 1.34 bits per heavy atom. The van der Waals surface area contributed by atoms with Gasteiger partial charge >= 0.3 is 0 Å². The minimum absolute atomic E-state index is 0.0344. The summed E-state index contributed by atoms with van der Waals surface area (Å²) in [6, 6.07) is 27.2. The van der Waals surface area contributed by atoms with Crippen LogP contribution in [0.3, 0.4) is 0 Å². The van der Waals surface area contributed by atoms with Crippen molar-refractivity contribution >= 4 is 27.1 Å². The molecule has 0 atom stereocenters. The first-order chi connectivity index (χ1) is 24.3. The molecule has 2 aromatic carbocycles. The third kappa shape index (κ3) is 6.33. The molecule has 5 nitrogen and oxygen atoms in total. The van der Waals surface area contributed by atoms with Gasteiger partial charge < -0.3 is 22.1 Å². The molecular weight excluding hydrogens is 650 g/mol. The van der Waals surface area contributed by atoms with Crippen LogP contribution < -0.4 is 15.3 Å². The van der Waals surface area contributed by atoms with Crippen molar-refractivity contribution in [3.8, 4) is 11.5 Å². The van der Waals surface area contributed by atoms with E-state index in [1.165, 1.54) is 32.9 Å². The standard InChI is InChI=1S/C43H52N4OP2/c1-7-10-20-43(21-11-8-2)36-30-34(9-3)31-38(49(44-22-12-13-23-44)45-24-14-15-25-45)40(36)48-41-37(43)32-35(42(4,5)6)33-39(41)50(46-26-16-17-27-46)47-28-18-19-29-47/h12-19,22-33H,7-11,20-21H2,1-6H3. The average molecular weight is 703 g/mol. The molecule has 0 amide bonds. The molecule has 4 aromatic heterocycles. The van der Waals surface area contributed by atoms with Crippen LogP contribution in [0.5, 0.6) is 11.5 Å². The van der Waals surface area contributed by atoms with Crippen LogP contribution in [0.1, 0.15) is 102 Å². The van der Waals surface area contributed by atoms with Gasteiger partial charge in [-0.25, -0.2) is 0 Å². The Hall–Kier alpha value is -3.78. The Kier molecular flexibility index (Phi) is 10.0. The first-order valence-electron chi connectivity index (χ1n) is 18.5. The van der Waals surface area contributed by atoms with Gasteiger partial charge in [0.25, 0.3) is 0 Å². The summed E-state index contributed by atoms with van der Waals surface area (Å²) in [4.78, 5) is 0. The van der Waals surface area contributed by atoms with E-state index < -0.39 is 16.4 Å². The number of hydrogen-bond acceptors (Lipinski definition) is 1. The molecule has 0 saturated heterocycles. The van der Waals surface area contributed by atoms with Crippen LogP contribution in [0.25, 0.3) is 0 Å². The van der Waals surface area contributed by atoms with Crippen molar-refractivity contribution < 1.29 is 4.74 Å². The molecule has 0 saturated carbocycles. The highest BCUT2D eigenvalue weighted by atomic mass is 31.1. The molecule has 0 N–H and O–H groups in total. The van der Waals surface area contributed by atoms with E-state index in [-0.39, 0.29) is 10.8 Å². The van der Waals surface area contributed by atoms with Crippen molar-refractivity contribution in [2.75, 3.05) is 0 Å². The van der Waals surface area contributed by atoms with Gasteiger partial charge in [0.15, 0.2) is 0 Å². The molecule has 6 aromatic rings. The number of benzene rings is 2. The molecule has 50 heavy (non-hydrogen) atoms. The Labute approximate surface area is 301 Å². The molecule has 0 spiro atoms. The largest absolute Gasteiger partial charge is 0.455 e. The van der Waals surface area contributed by atoms with Crippen LogP contribution in [0.15, 0.2) is 122 Å². The first-order valence-corrected chi connectivity index (χ1v) is 21.0. The zero-order chi connectivity index (χ0) is 34.9. The van der Waals surface area contributed by atoms with Crippen molar-refractivity contribution in [3.63, 3.8) is 0 Å². The van der Waals surface area contributed by atoms with E-state index in [1.54, 1.807) is 0 Å². The number of aromatic nitrogens is 4. The van der Waals surface area contributed by atoms with Gasteiger partial charge in [0, 0.05) is 66.1 Å². The second-order valence-electron chi connectivity index (χ2n) is 14.7. The van der Waals surface area contributed by atoms with E-state index in [0.29, 0.717) is 0 Å². The molecule has 0 fully saturated rings. The summed E-state index contributed by atoms with van der Waals surface area (Å²) in [6.45, 7) is 14.1. The predicted octanol–water partition coefficient (Wildman–Crippen LogP) is 11.6. The maximum Gasteiger partial charge on any atom is 0.142 e. The monoisotopic (exact) mass is 702 g/mol. The van der Waals surface area contributed by atoms with Gasteiger partial charge in [0.05, 0.1) is 10.6 Å². The van der Waals surface area contributed by atoms with Crippen LogP contribution in [0.4, 0.5) is 0 Å². The molecule has 0 bridgehead atoms. The van der Waals surface area contributed by atoms with Gasteiger partial charge in [-0.2, -0.15) is 0 Å². The molecule has 1 aliphatic rings. The van der Waals surface area contributed by atoms with Crippen LogP contribution in [-0.2, 0) is 17.3 Å². The highest BCUT2D eigenvalue weighted by molar-refractivity contribution is 7.63. The number of rotatable bonds is 13. The van der Waals surface area contributed by atoms with Gasteiger partial charge in [-0.3, -0.25) is 0 Å². The van der Waals surface area contributed by atoms with Crippen molar-refractivity contribution in [3.05, 3.63) is 145 Å². The van der Waals surface area contributed by atoms with Gasteiger partial charge in [0.1, 0.15) is 27.9 Å². The summed E-state index contributed by atoms with van der Waals surface area (Å²) >= 11 is 0. The minimum atomic E-state index is -1.01. The molecule has 0 aliphatic carbocycles. The van der Waals surface area contributed by atoms with E-state index in [0.717, 1.165) is 56.4 Å². The van der Waals surface area contributed by atoms with Crippen LogP contribution >= 0.6 is 16.4 Å². The fourth-order valence-corrected chi connectivity index (χ4v) is 11.9.